The van der Waals surface area contributed by atoms with Gasteiger partial charge in [0.25, 0.3) is 0 Å². The van der Waals surface area contributed by atoms with E-state index in [-0.39, 0.29) is 0 Å². The number of rotatable bonds is 4. The van der Waals surface area contributed by atoms with Gasteiger partial charge in [-0.1, -0.05) is 12.1 Å². The van der Waals surface area contributed by atoms with E-state index in [0.717, 1.165) is 24.4 Å². The minimum Gasteiger partial charge on any atom is -0.497 e. The minimum atomic E-state index is 0.691. The Balaban J connectivity index is 1.52. The Labute approximate surface area is 115 Å². The van der Waals surface area contributed by atoms with Crippen LogP contribution in [0.25, 0.3) is 0 Å². The molecule has 2 atom stereocenters. The van der Waals surface area contributed by atoms with E-state index in [4.69, 9.17) is 4.74 Å². The Bertz CT molecular complexity index is 403. The third-order valence-electron chi connectivity index (χ3n) is 4.85. The standard InChI is InChI=1S/C16H24N2O/c1-18-14-5-6-15(18)10-13(9-14)17-11-12-3-7-16(19-2)8-4-12/h3-4,7-8,13-15,17H,5-6,9-11H2,1-2H3. The summed E-state index contributed by atoms with van der Waals surface area (Å²) in [5.74, 6) is 0.932. The molecule has 2 fully saturated rings. The molecule has 0 saturated carbocycles. The van der Waals surface area contributed by atoms with Crippen LogP contribution in [0.4, 0.5) is 0 Å². The molecule has 0 amide bonds. The van der Waals surface area contributed by atoms with Gasteiger partial charge in [0.2, 0.25) is 0 Å². The van der Waals surface area contributed by atoms with Crippen molar-refractivity contribution in [1.29, 1.82) is 0 Å². The van der Waals surface area contributed by atoms with Crippen molar-refractivity contribution in [3.8, 4) is 5.75 Å². The quantitative estimate of drug-likeness (QED) is 0.900. The van der Waals surface area contributed by atoms with E-state index in [0.29, 0.717) is 6.04 Å². The molecule has 104 valence electrons. The van der Waals surface area contributed by atoms with Gasteiger partial charge >= 0.3 is 0 Å². The van der Waals surface area contributed by atoms with E-state index in [2.05, 4.69) is 29.4 Å². The van der Waals surface area contributed by atoms with Gasteiger partial charge in [-0.2, -0.15) is 0 Å². The molecule has 0 spiro atoms. The highest BCUT2D eigenvalue weighted by Gasteiger charge is 2.37. The summed E-state index contributed by atoms with van der Waals surface area (Å²) in [7, 11) is 4.00. The molecule has 3 heteroatoms. The number of hydrogen-bond donors (Lipinski definition) is 1. The van der Waals surface area contributed by atoms with Crippen molar-refractivity contribution in [2.24, 2.45) is 0 Å². The summed E-state index contributed by atoms with van der Waals surface area (Å²) >= 11 is 0. The van der Waals surface area contributed by atoms with Crippen LogP contribution < -0.4 is 10.1 Å². The van der Waals surface area contributed by atoms with E-state index >= 15 is 0 Å². The smallest absolute Gasteiger partial charge is 0.118 e. The summed E-state index contributed by atoms with van der Waals surface area (Å²) in [6.07, 6.45) is 5.40. The second kappa shape index (κ2) is 5.51. The zero-order valence-electron chi connectivity index (χ0n) is 11.9. The average molecular weight is 260 g/mol. The fourth-order valence-corrected chi connectivity index (χ4v) is 3.58. The maximum Gasteiger partial charge on any atom is 0.118 e. The molecule has 2 unspecified atom stereocenters. The van der Waals surface area contributed by atoms with Gasteiger partial charge in [0.05, 0.1) is 7.11 Å². The summed E-state index contributed by atoms with van der Waals surface area (Å²) in [4.78, 5) is 2.59. The van der Waals surface area contributed by atoms with Gasteiger partial charge in [-0.15, -0.1) is 0 Å². The van der Waals surface area contributed by atoms with Crippen LogP contribution in [0.3, 0.4) is 0 Å². The van der Waals surface area contributed by atoms with Gasteiger partial charge in [-0.05, 0) is 50.4 Å². The third kappa shape index (κ3) is 2.77. The lowest BCUT2D eigenvalue weighted by molar-refractivity contribution is 0.148. The van der Waals surface area contributed by atoms with Gasteiger partial charge in [0.15, 0.2) is 0 Å². The Hall–Kier alpha value is -1.06. The molecule has 2 saturated heterocycles. The first-order chi connectivity index (χ1) is 9.26. The van der Waals surface area contributed by atoms with Crippen LogP contribution in [0.1, 0.15) is 31.2 Å². The summed E-state index contributed by atoms with van der Waals surface area (Å²) < 4.78 is 5.19. The molecule has 1 aromatic carbocycles. The largest absolute Gasteiger partial charge is 0.497 e. The van der Waals surface area contributed by atoms with Crippen molar-refractivity contribution in [2.45, 2.75) is 50.4 Å². The number of nitrogens with zero attached hydrogens (tertiary/aromatic N) is 1. The number of ether oxygens (including phenoxy) is 1. The van der Waals surface area contributed by atoms with Crippen molar-refractivity contribution < 1.29 is 4.74 Å². The highest BCUT2D eigenvalue weighted by molar-refractivity contribution is 5.27. The maximum atomic E-state index is 5.19. The van der Waals surface area contributed by atoms with Crippen LogP contribution in [0.2, 0.25) is 0 Å². The van der Waals surface area contributed by atoms with Crippen LogP contribution in [-0.4, -0.2) is 37.2 Å². The van der Waals surface area contributed by atoms with E-state index in [1.165, 1.54) is 31.2 Å². The Morgan fingerprint density at radius 1 is 1.16 bits per heavy atom. The topological polar surface area (TPSA) is 24.5 Å². The highest BCUT2D eigenvalue weighted by atomic mass is 16.5. The van der Waals surface area contributed by atoms with E-state index in [1.807, 2.05) is 12.1 Å². The van der Waals surface area contributed by atoms with E-state index in [1.54, 1.807) is 7.11 Å². The van der Waals surface area contributed by atoms with Crippen LogP contribution >= 0.6 is 0 Å². The number of fused-ring (bicyclic) bond motifs is 2. The Morgan fingerprint density at radius 2 is 1.79 bits per heavy atom. The van der Waals surface area contributed by atoms with Gasteiger partial charge in [0, 0.05) is 24.7 Å². The summed E-state index contributed by atoms with van der Waals surface area (Å²) in [5.41, 5.74) is 1.34. The number of benzene rings is 1. The van der Waals surface area contributed by atoms with Gasteiger partial charge < -0.3 is 15.0 Å². The highest BCUT2D eigenvalue weighted by Crippen LogP contribution is 2.34. The maximum absolute atomic E-state index is 5.19. The minimum absolute atomic E-state index is 0.691. The van der Waals surface area contributed by atoms with Crippen LogP contribution in [-0.2, 0) is 6.54 Å². The molecule has 3 rings (SSSR count). The van der Waals surface area contributed by atoms with Gasteiger partial charge in [-0.3, -0.25) is 0 Å². The number of piperidine rings is 1. The molecule has 0 radical (unpaired) electrons. The van der Waals surface area contributed by atoms with Crippen molar-refractivity contribution in [1.82, 2.24) is 10.2 Å². The van der Waals surface area contributed by atoms with Crippen molar-refractivity contribution in [3.05, 3.63) is 29.8 Å². The zero-order valence-corrected chi connectivity index (χ0v) is 11.9. The number of methoxy groups -OCH3 is 1. The first-order valence-corrected chi connectivity index (χ1v) is 7.34. The molecule has 2 aliphatic heterocycles. The molecule has 3 nitrogen and oxygen atoms in total. The second-order valence-electron chi connectivity index (χ2n) is 5.95. The van der Waals surface area contributed by atoms with E-state index < -0.39 is 0 Å². The molecule has 2 heterocycles. The molecule has 0 aromatic heterocycles. The molecule has 2 aliphatic rings. The molecular weight excluding hydrogens is 236 g/mol. The Kier molecular flexibility index (Phi) is 3.76. The lowest BCUT2D eigenvalue weighted by Crippen LogP contribution is -2.46. The first-order valence-electron chi connectivity index (χ1n) is 7.34. The van der Waals surface area contributed by atoms with Crippen molar-refractivity contribution in [3.63, 3.8) is 0 Å². The van der Waals surface area contributed by atoms with Gasteiger partial charge in [0.1, 0.15) is 5.75 Å². The average Bonchev–Trinajstić information content (AvgIpc) is 2.68. The predicted molar refractivity (Wildman–Crippen MR) is 77.4 cm³/mol. The lowest BCUT2D eigenvalue weighted by Gasteiger charge is -2.36. The molecule has 0 aliphatic carbocycles. The molecule has 19 heavy (non-hydrogen) atoms. The molecule has 1 aromatic rings. The number of nitrogens with one attached hydrogen (secondary N) is 1. The fraction of sp³-hybridized carbons (Fsp3) is 0.625. The van der Waals surface area contributed by atoms with Gasteiger partial charge in [-0.25, -0.2) is 0 Å². The first kappa shape index (κ1) is 12.9. The van der Waals surface area contributed by atoms with Crippen LogP contribution in [0, 0.1) is 0 Å². The molecular formula is C16H24N2O. The Morgan fingerprint density at radius 3 is 2.37 bits per heavy atom. The molecule has 1 N–H and O–H groups in total. The second-order valence-corrected chi connectivity index (χ2v) is 5.95. The fourth-order valence-electron chi connectivity index (χ4n) is 3.58. The summed E-state index contributed by atoms with van der Waals surface area (Å²) in [6, 6.07) is 10.7. The third-order valence-corrected chi connectivity index (χ3v) is 4.85. The molecule has 2 bridgehead atoms. The number of hydrogen-bond acceptors (Lipinski definition) is 3. The lowest BCUT2D eigenvalue weighted by atomic mass is 9.98. The predicted octanol–water partition coefficient (Wildman–Crippen LogP) is 2.41. The summed E-state index contributed by atoms with van der Waals surface area (Å²) in [6.45, 7) is 0.970. The van der Waals surface area contributed by atoms with Crippen LogP contribution in [0.15, 0.2) is 24.3 Å². The zero-order chi connectivity index (χ0) is 13.2. The summed E-state index contributed by atoms with van der Waals surface area (Å²) in [5, 5.41) is 3.73. The van der Waals surface area contributed by atoms with Crippen molar-refractivity contribution in [2.75, 3.05) is 14.2 Å². The van der Waals surface area contributed by atoms with Crippen LogP contribution in [0.5, 0.6) is 5.75 Å². The van der Waals surface area contributed by atoms with Crippen molar-refractivity contribution >= 4 is 0 Å². The monoisotopic (exact) mass is 260 g/mol. The normalized spacial score (nSPS) is 30.5. The SMILES string of the molecule is COc1ccc(CNC2CC3CCC(C2)N3C)cc1. The van der Waals surface area contributed by atoms with E-state index in [9.17, 15) is 0 Å².